The Morgan fingerprint density at radius 2 is 2.19 bits per heavy atom. The number of amides is 1. The Balaban J connectivity index is 1.89. The summed E-state index contributed by atoms with van der Waals surface area (Å²) < 4.78 is 1.54. The molecule has 1 aromatic heterocycles. The van der Waals surface area contributed by atoms with Crippen LogP contribution < -0.4 is 21.7 Å². The summed E-state index contributed by atoms with van der Waals surface area (Å²) in [6.45, 7) is 3.46. The molecule has 144 valence electrons. The van der Waals surface area contributed by atoms with Crippen LogP contribution in [0.3, 0.4) is 0 Å². The van der Waals surface area contributed by atoms with Crippen molar-refractivity contribution in [1.82, 2.24) is 14.9 Å². The molecule has 2 heterocycles. The second-order valence-corrected chi connectivity index (χ2v) is 8.65. The Morgan fingerprint density at radius 1 is 1.44 bits per heavy atom. The van der Waals surface area contributed by atoms with Gasteiger partial charge in [0, 0.05) is 24.7 Å². The van der Waals surface area contributed by atoms with Crippen molar-refractivity contribution in [3.63, 3.8) is 0 Å². The van der Waals surface area contributed by atoms with Gasteiger partial charge in [-0.2, -0.15) is 0 Å². The van der Waals surface area contributed by atoms with Crippen molar-refractivity contribution < 1.29 is 4.79 Å². The van der Waals surface area contributed by atoms with Gasteiger partial charge in [0.1, 0.15) is 18.2 Å². The fourth-order valence-electron chi connectivity index (χ4n) is 2.77. The van der Waals surface area contributed by atoms with Gasteiger partial charge in [-0.25, -0.2) is 15.8 Å². The summed E-state index contributed by atoms with van der Waals surface area (Å²) in [5.41, 5.74) is 8.55. The van der Waals surface area contributed by atoms with Crippen LogP contribution >= 0.6 is 40.0 Å². The molecule has 8 nitrogen and oxygen atoms in total. The number of nitrogens with zero attached hydrogens (tertiary/aromatic N) is 4. The third kappa shape index (κ3) is 4.37. The van der Waals surface area contributed by atoms with E-state index in [1.807, 2.05) is 17.9 Å². The van der Waals surface area contributed by atoms with Gasteiger partial charge in [0.25, 0.3) is 0 Å². The zero-order valence-corrected chi connectivity index (χ0v) is 18.5. The summed E-state index contributed by atoms with van der Waals surface area (Å²) in [6.07, 6.45) is 2.77. The molecule has 0 radical (unpaired) electrons. The quantitative estimate of drug-likeness (QED) is 0.177. The number of hydrogen-bond donors (Lipinski definition) is 3. The van der Waals surface area contributed by atoms with Crippen LogP contribution in [-0.2, 0) is 4.79 Å². The summed E-state index contributed by atoms with van der Waals surface area (Å²) in [6, 6.07) is 4.94. The Morgan fingerprint density at radius 3 is 2.81 bits per heavy atom. The maximum absolute atomic E-state index is 12.3. The predicted molar refractivity (Wildman–Crippen MR) is 120 cm³/mol. The fraction of sp³-hybridized carbons (Fsp3) is 0.312. The van der Waals surface area contributed by atoms with Gasteiger partial charge in [-0.3, -0.25) is 9.57 Å². The monoisotopic (exact) mass is 519 g/mol. The Hall–Kier alpha value is -1.42. The number of aromatic nitrogens is 2. The van der Waals surface area contributed by atoms with Crippen molar-refractivity contribution in [3.8, 4) is 11.3 Å². The zero-order chi connectivity index (χ0) is 19.6. The molecule has 0 saturated carbocycles. The minimum absolute atomic E-state index is 0.0667. The van der Waals surface area contributed by atoms with Crippen molar-refractivity contribution >= 4 is 63.1 Å². The first-order valence-electron chi connectivity index (χ1n) is 8.29. The number of carbonyl (C=O) groups is 1. The van der Waals surface area contributed by atoms with Crippen LogP contribution in [0.1, 0.15) is 13.3 Å². The number of likely N-dealkylation sites (tertiary alicyclic amines) is 1. The number of benzene rings is 1. The molecule has 1 amide bonds. The third-order valence-corrected chi connectivity index (χ3v) is 6.64. The first-order chi connectivity index (χ1) is 12.9. The number of hydrogen-bond acceptors (Lipinski definition) is 7. The summed E-state index contributed by atoms with van der Waals surface area (Å²) in [5, 5.41) is 3.58. The highest BCUT2D eigenvalue weighted by atomic mass is 127. The summed E-state index contributed by atoms with van der Waals surface area (Å²) in [4.78, 5) is 22.7. The molecule has 1 unspecified atom stereocenters. The Kier molecular flexibility index (Phi) is 6.56. The number of halogens is 2. The predicted octanol–water partition coefficient (Wildman–Crippen LogP) is 3.04. The number of nitrogens with two attached hydrogens (primary N) is 2. The van der Waals surface area contributed by atoms with Gasteiger partial charge >= 0.3 is 0 Å². The molecule has 27 heavy (non-hydrogen) atoms. The SMILES string of the molecule is C[C@@H](Nc1cc(-c2ccc(Cl)c(N)c2N(N)PI)ncn1)C(=O)N1CCC1. The van der Waals surface area contributed by atoms with Gasteiger partial charge in [-0.15, -0.1) is 0 Å². The zero-order valence-electron chi connectivity index (χ0n) is 14.6. The van der Waals surface area contributed by atoms with Crippen molar-refractivity contribution in [1.29, 1.82) is 0 Å². The lowest BCUT2D eigenvalue weighted by Gasteiger charge is -2.33. The van der Waals surface area contributed by atoms with Crippen LogP contribution in [0, 0.1) is 0 Å². The van der Waals surface area contributed by atoms with Crippen LogP contribution in [0.25, 0.3) is 11.3 Å². The third-order valence-electron chi connectivity index (χ3n) is 4.34. The van der Waals surface area contributed by atoms with E-state index in [1.54, 1.807) is 16.9 Å². The topological polar surface area (TPSA) is 113 Å². The summed E-state index contributed by atoms with van der Waals surface area (Å²) in [5.74, 6) is 6.73. The number of rotatable bonds is 6. The molecule has 1 saturated heterocycles. The van der Waals surface area contributed by atoms with Crippen LogP contribution in [0.4, 0.5) is 17.2 Å². The van der Waals surface area contributed by atoms with Crippen molar-refractivity contribution in [2.24, 2.45) is 5.84 Å². The molecule has 1 fully saturated rings. The van der Waals surface area contributed by atoms with Crippen LogP contribution in [0.5, 0.6) is 0 Å². The molecule has 0 bridgehead atoms. The Labute approximate surface area is 177 Å². The van der Waals surface area contributed by atoms with E-state index in [0.717, 1.165) is 25.1 Å². The highest BCUT2D eigenvalue weighted by molar-refractivity contribution is 14.2. The summed E-state index contributed by atoms with van der Waals surface area (Å²) in [7, 11) is 0. The normalized spacial score (nSPS) is 14.9. The van der Waals surface area contributed by atoms with Gasteiger partial charge in [0.2, 0.25) is 5.91 Å². The van der Waals surface area contributed by atoms with E-state index < -0.39 is 0 Å². The van der Waals surface area contributed by atoms with Crippen LogP contribution in [-0.4, -0.2) is 39.9 Å². The number of nitrogen functional groups attached to an aromatic ring is 1. The summed E-state index contributed by atoms with van der Waals surface area (Å²) >= 11 is 8.33. The van der Waals surface area contributed by atoms with E-state index in [4.69, 9.17) is 23.2 Å². The minimum atomic E-state index is -0.371. The molecule has 2 aromatic rings. The van der Waals surface area contributed by atoms with Crippen molar-refractivity contribution in [2.75, 3.05) is 28.9 Å². The van der Waals surface area contributed by atoms with E-state index >= 15 is 0 Å². The molecule has 3 rings (SSSR count). The number of nitrogens with one attached hydrogen (secondary N) is 1. The standard InChI is InChI=1S/C16H20ClIN7OP/c1-9(16(26)24-5-2-6-24)23-13-7-12(21-8-22-13)10-3-4-11(17)14(19)15(10)25(20)27-18/h3-4,7-9,27H,2,5-6,19-20H2,1H3,(H,21,22,23)/t9-/m1/s1. The van der Waals surface area contributed by atoms with Gasteiger partial charge in [-0.1, -0.05) is 11.6 Å². The maximum Gasteiger partial charge on any atom is 0.244 e. The molecular formula is C16H20ClIN7OP. The van der Waals surface area contributed by atoms with E-state index in [2.05, 4.69) is 37.3 Å². The molecule has 2 atom stereocenters. The number of anilines is 3. The van der Waals surface area contributed by atoms with Crippen molar-refractivity contribution in [3.05, 3.63) is 29.5 Å². The van der Waals surface area contributed by atoms with Crippen LogP contribution in [0.2, 0.25) is 5.02 Å². The average Bonchev–Trinajstić information content (AvgIpc) is 2.62. The minimum Gasteiger partial charge on any atom is -0.396 e. The van der Waals surface area contributed by atoms with Gasteiger partial charge in [-0.05, 0) is 47.5 Å². The fourth-order valence-corrected chi connectivity index (χ4v) is 3.97. The maximum atomic E-state index is 12.3. The average molecular weight is 520 g/mol. The lowest BCUT2D eigenvalue weighted by atomic mass is 10.1. The van der Waals surface area contributed by atoms with Gasteiger partial charge in [0.15, 0.2) is 0 Å². The number of hydrazine groups is 1. The van der Waals surface area contributed by atoms with Gasteiger partial charge in [0.05, 0.1) is 28.5 Å². The first kappa shape index (κ1) is 20.3. The molecule has 1 aliphatic rings. The second-order valence-electron chi connectivity index (χ2n) is 6.15. The van der Waals surface area contributed by atoms with E-state index in [9.17, 15) is 4.79 Å². The van der Waals surface area contributed by atoms with Gasteiger partial charge < -0.3 is 16.0 Å². The van der Waals surface area contributed by atoms with Crippen molar-refractivity contribution in [2.45, 2.75) is 19.4 Å². The van der Waals surface area contributed by atoms with E-state index in [0.29, 0.717) is 27.9 Å². The largest absolute Gasteiger partial charge is 0.396 e. The molecule has 11 heteroatoms. The Bertz CT molecular complexity index is 852. The van der Waals surface area contributed by atoms with Crippen LogP contribution in [0.15, 0.2) is 24.5 Å². The van der Waals surface area contributed by atoms with E-state index in [-0.39, 0.29) is 18.3 Å². The molecular weight excluding hydrogens is 500 g/mol. The number of carbonyl (C=O) groups excluding carboxylic acids is 1. The molecule has 5 N–H and O–H groups in total. The highest BCUT2D eigenvalue weighted by Crippen LogP contribution is 2.43. The molecule has 1 aliphatic heterocycles. The molecule has 1 aromatic carbocycles. The lowest BCUT2D eigenvalue weighted by Crippen LogP contribution is -2.48. The second kappa shape index (κ2) is 8.72. The van der Waals surface area contributed by atoms with E-state index in [1.165, 1.54) is 6.33 Å². The lowest BCUT2D eigenvalue weighted by molar-refractivity contribution is -0.135. The first-order valence-corrected chi connectivity index (χ1v) is 12.7. The molecule has 0 spiro atoms. The highest BCUT2D eigenvalue weighted by Gasteiger charge is 2.25. The molecule has 0 aliphatic carbocycles. The smallest absolute Gasteiger partial charge is 0.244 e.